The molecule has 0 saturated carbocycles. The number of hydrogen-bond donors (Lipinski definition) is 2. The van der Waals surface area contributed by atoms with E-state index in [0.29, 0.717) is 31.1 Å². The summed E-state index contributed by atoms with van der Waals surface area (Å²) in [7, 11) is 0. The van der Waals surface area contributed by atoms with Crippen molar-refractivity contribution in [2.45, 2.75) is 19.8 Å². The summed E-state index contributed by atoms with van der Waals surface area (Å²) in [6.45, 7) is 1.56. The van der Waals surface area contributed by atoms with Gasteiger partial charge in [0.05, 0.1) is 19.8 Å². The number of ether oxygens (including phenoxy) is 1. The molecule has 1 aliphatic rings. The Bertz CT molecular complexity index is 565. The zero-order valence-corrected chi connectivity index (χ0v) is 9.64. The largest absolute Gasteiger partial charge is 0.372 e. The Kier molecular flexibility index (Phi) is 2.77. The number of hydrogen-bond acceptors (Lipinski definition) is 4. The van der Waals surface area contributed by atoms with Crippen molar-refractivity contribution in [2.75, 3.05) is 0 Å². The van der Waals surface area contributed by atoms with E-state index < -0.39 is 0 Å². The minimum Gasteiger partial charge on any atom is -0.372 e. The molecule has 2 heterocycles. The van der Waals surface area contributed by atoms with E-state index in [4.69, 9.17) is 4.74 Å². The minimum absolute atomic E-state index is 0.124. The van der Waals surface area contributed by atoms with Gasteiger partial charge in [-0.15, -0.1) is 0 Å². The second-order valence-corrected chi connectivity index (χ2v) is 4.09. The third-order valence-corrected chi connectivity index (χ3v) is 2.86. The van der Waals surface area contributed by atoms with E-state index >= 15 is 0 Å². The van der Waals surface area contributed by atoms with Crippen LogP contribution < -0.4 is 5.32 Å². The van der Waals surface area contributed by atoms with Crippen molar-refractivity contribution in [3.63, 3.8) is 0 Å². The highest BCUT2D eigenvalue weighted by Crippen LogP contribution is 2.20. The predicted octanol–water partition coefficient (Wildman–Crippen LogP) is 0.765. The average Bonchev–Trinajstić information content (AvgIpc) is 3.05. The summed E-state index contributed by atoms with van der Waals surface area (Å²) in [5.74, 6) is 0.508. The van der Waals surface area contributed by atoms with Gasteiger partial charge in [0.15, 0.2) is 0 Å². The Labute approximate surface area is 103 Å². The standard InChI is InChI=1S/C12H12N4O2/c17-12(13-4-11-14-7-15-16-11)8-1-2-9-5-18-6-10(9)3-8/h1-3,7H,4-6H2,(H,13,17)(H,14,15,16). The van der Waals surface area contributed by atoms with Gasteiger partial charge in [-0.25, -0.2) is 4.98 Å². The van der Waals surface area contributed by atoms with Crippen molar-refractivity contribution in [3.8, 4) is 0 Å². The van der Waals surface area contributed by atoms with E-state index in [9.17, 15) is 4.79 Å². The van der Waals surface area contributed by atoms with Crippen molar-refractivity contribution >= 4 is 5.91 Å². The maximum absolute atomic E-state index is 11.9. The molecule has 0 atom stereocenters. The molecule has 6 nitrogen and oxygen atoms in total. The number of amides is 1. The number of fused-ring (bicyclic) bond motifs is 1. The fraction of sp³-hybridized carbons (Fsp3) is 0.250. The number of benzene rings is 1. The number of H-pyrrole nitrogens is 1. The van der Waals surface area contributed by atoms with Gasteiger partial charge in [-0.1, -0.05) is 6.07 Å². The topological polar surface area (TPSA) is 79.9 Å². The number of rotatable bonds is 3. The van der Waals surface area contributed by atoms with Gasteiger partial charge < -0.3 is 10.1 Å². The van der Waals surface area contributed by atoms with Gasteiger partial charge in [0, 0.05) is 5.56 Å². The smallest absolute Gasteiger partial charge is 0.251 e. The summed E-state index contributed by atoms with van der Waals surface area (Å²) in [5.41, 5.74) is 2.88. The summed E-state index contributed by atoms with van der Waals surface area (Å²) in [6.07, 6.45) is 1.41. The van der Waals surface area contributed by atoms with Crippen LogP contribution in [0.5, 0.6) is 0 Å². The van der Waals surface area contributed by atoms with E-state index in [2.05, 4.69) is 20.5 Å². The van der Waals surface area contributed by atoms with Crippen LogP contribution in [0.25, 0.3) is 0 Å². The van der Waals surface area contributed by atoms with E-state index in [1.54, 1.807) is 0 Å². The molecule has 18 heavy (non-hydrogen) atoms. The monoisotopic (exact) mass is 244 g/mol. The molecule has 0 radical (unpaired) electrons. The Morgan fingerprint density at radius 1 is 1.39 bits per heavy atom. The molecule has 0 spiro atoms. The number of carbonyl (C=O) groups is 1. The highest BCUT2D eigenvalue weighted by Gasteiger charge is 2.14. The number of nitrogens with zero attached hydrogens (tertiary/aromatic N) is 2. The van der Waals surface area contributed by atoms with Gasteiger partial charge in [-0.3, -0.25) is 9.89 Å². The van der Waals surface area contributed by atoms with Gasteiger partial charge in [0.2, 0.25) is 0 Å². The third kappa shape index (κ3) is 2.10. The lowest BCUT2D eigenvalue weighted by Crippen LogP contribution is -2.23. The first-order valence-electron chi connectivity index (χ1n) is 5.65. The molecule has 1 aliphatic heterocycles. The van der Waals surface area contributed by atoms with Crippen molar-refractivity contribution in [3.05, 3.63) is 47.0 Å². The van der Waals surface area contributed by atoms with Crippen molar-refractivity contribution in [1.82, 2.24) is 20.5 Å². The lowest BCUT2D eigenvalue weighted by Gasteiger charge is -2.04. The van der Waals surface area contributed by atoms with Gasteiger partial charge in [0.25, 0.3) is 5.91 Å². The molecule has 0 saturated heterocycles. The van der Waals surface area contributed by atoms with E-state index in [0.717, 1.165) is 11.1 Å². The highest BCUT2D eigenvalue weighted by molar-refractivity contribution is 5.94. The number of aromatic amines is 1. The normalized spacial score (nSPS) is 13.3. The summed E-state index contributed by atoms with van der Waals surface area (Å²) in [4.78, 5) is 15.9. The zero-order chi connectivity index (χ0) is 12.4. The lowest BCUT2D eigenvalue weighted by atomic mass is 10.1. The van der Waals surface area contributed by atoms with Gasteiger partial charge in [-0.05, 0) is 23.3 Å². The molecule has 3 rings (SSSR count). The zero-order valence-electron chi connectivity index (χ0n) is 9.64. The second kappa shape index (κ2) is 4.58. The fourth-order valence-corrected chi connectivity index (χ4v) is 1.90. The first-order valence-corrected chi connectivity index (χ1v) is 5.65. The highest BCUT2D eigenvalue weighted by atomic mass is 16.5. The molecule has 92 valence electrons. The fourth-order valence-electron chi connectivity index (χ4n) is 1.90. The van der Waals surface area contributed by atoms with E-state index in [-0.39, 0.29) is 5.91 Å². The van der Waals surface area contributed by atoms with Crippen LogP contribution in [0.4, 0.5) is 0 Å². The second-order valence-electron chi connectivity index (χ2n) is 4.09. The molecule has 2 N–H and O–H groups in total. The van der Waals surface area contributed by atoms with Crippen molar-refractivity contribution in [2.24, 2.45) is 0 Å². The number of aromatic nitrogens is 3. The Morgan fingerprint density at radius 3 is 3.11 bits per heavy atom. The first-order chi connectivity index (χ1) is 8.83. The number of carbonyl (C=O) groups excluding carboxylic acids is 1. The molecule has 6 heteroatoms. The molecule has 2 aromatic rings. The first kappa shape index (κ1) is 10.9. The average molecular weight is 244 g/mol. The van der Waals surface area contributed by atoms with E-state index in [1.165, 1.54) is 6.33 Å². The van der Waals surface area contributed by atoms with Crippen LogP contribution >= 0.6 is 0 Å². The van der Waals surface area contributed by atoms with Crippen LogP contribution in [0, 0.1) is 0 Å². The SMILES string of the molecule is O=C(NCc1ncn[nH]1)c1ccc2c(c1)COC2. The maximum atomic E-state index is 11.9. The molecule has 1 amide bonds. The summed E-state index contributed by atoms with van der Waals surface area (Å²) >= 11 is 0. The molecular formula is C12H12N4O2. The van der Waals surface area contributed by atoms with Crippen LogP contribution in [0.15, 0.2) is 24.5 Å². The Hall–Kier alpha value is -2.21. The molecular weight excluding hydrogens is 232 g/mol. The van der Waals surface area contributed by atoms with Gasteiger partial charge in [0.1, 0.15) is 12.2 Å². The van der Waals surface area contributed by atoms with Crippen molar-refractivity contribution < 1.29 is 9.53 Å². The van der Waals surface area contributed by atoms with Gasteiger partial charge in [-0.2, -0.15) is 5.10 Å². The van der Waals surface area contributed by atoms with Crippen LogP contribution in [0.2, 0.25) is 0 Å². The molecule has 0 aliphatic carbocycles. The molecule has 0 fully saturated rings. The predicted molar refractivity (Wildman–Crippen MR) is 62.5 cm³/mol. The van der Waals surface area contributed by atoms with Crippen molar-refractivity contribution in [1.29, 1.82) is 0 Å². The Morgan fingerprint density at radius 2 is 2.28 bits per heavy atom. The third-order valence-electron chi connectivity index (χ3n) is 2.86. The van der Waals surface area contributed by atoms with Crippen LogP contribution in [-0.2, 0) is 24.5 Å². The number of nitrogens with one attached hydrogen (secondary N) is 2. The molecule has 0 bridgehead atoms. The lowest BCUT2D eigenvalue weighted by molar-refractivity contribution is 0.0949. The van der Waals surface area contributed by atoms with Crippen LogP contribution in [0.1, 0.15) is 27.3 Å². The molecule has 1 aromatic carbocycles. The molecule has 1 aromatic heterocycles. The van der Waals surface area contributed by atoms with Crippen LogP contribution in [0.3, 0.4) is 0 Å². The van der Waals surface area contributed by atoms with Gasteiger partial charge >= 0.3 is 0 Å². The summed E-state index contributed by atoms with van der Waals surface area (Å²) < 4.78 is 5.31. The quantitative estimate of drug-likeness (QED) is 0.835. The summed E-state index contributed by atoms with van der Waals surface area (Å²) in [6, 6.07) is 5.62. The maximum Gasteiger partial charge on any atom is 0.251 e. The van der Waals surface area contributed by atoms with Crippen LogP contribution in [-0.4, -0.2) is 21.1 Å². The molecule has 0 unspecified atom stereocenters. The minimum atomic E-state index is -0.124. The summed E-state index contributed by atoms with van der Waals surface area (Å²) in [5, 5.41) is 9.18. The van der Waals surface area contributed by atoms with E-state index in [1.807, 2.05) is 18.2 Å². The Balaban J connectivity index is 1.69.